The van der Waals surface area contributed by atoms with Gasteiger partial charge in [0.2, 0.25) is 0 Å². The lowest BCUT2D eigenvalue weighted by atomic mass is 9.77. The van der Waals surface area contributed by atoms with E-state index in [1.165, 1.54) is 11.8 Å². The van der Waals surface area contributed by atoms with E-state index in [0.29, 0.717) is 18.4 Å². The van der Waals surface area contributed by atoms with Gasteiger partial charge in [-0.3, -0.25) is 0 Å². The van der Waals surface area contributed by atoms with E-state index in [1.54, 1.807) is 0 Å². The molecule has 0 bridgehead atoms. The standard InChI is InChI=1S/C22H26FN3O3S/c1-26(20-4-2-3-9-24-22-18(20)7-10-25-22)16-12-15(13-16)8-11-30(28,29)17-5-6-19(23)21(27)14-17/h3,5-7,9-10,14-16,27H,2,4,8,11-13H2,1H3,(H,24,25)/b9-3?,20-18+. The van der Waals surface area contributed by atoms with E-state index in [2.05, 4.69) is 34.1 Å². The number of aromatic hydroxyl groups is 1. The van der Waals surface area contributed by atoms with Crippen molar-refractivity contribution >= 4 is 15.5 Å². The van der Waals surface area contributed by atoms with Crippen LogP contribution in [0.15, 0.2) is 52.6 Å². The molecular formula is C22H26FN3O3S. The van der Waals surface area contributed by atoms with Gasteiger partial charge >= 0.3 is 0 Å². The van der Waals surface area contributed by atoms with Gasteiger partial charge in [-0.15, -0.1) is 0 Å². The van der Waals surface area contributed by atoms with Crippen LogP contribution in [0.3, 0.4) is 0 Å². The van der Waals surface area contributed by atoms with Crippen LogP contribution < -0.4 is 10.7 Å². The first kappa shape index (κ1) is 20.7. The zero-order valence-corrected chi connectivity index (χ0v) is 17.7. The molecule has 1 aromatic heterocycles. The number of nitrogens with zero attached hydrogens (tertiary/aromatic N) is 2. The number of benzene rings is 1. The molecule has 1 saturated carbocycles. The van der Waals surface area contributed by atoms with Gasteiger partial charge in [0.1, 0.15) is 5.49 Å². The molecule has 0 amide bonds. The van der Waals surface area contributed by atoms with Gasteiger partial charge in [0.25, 0.3) is 0 Å². The third-order valence-corrected chi connectivity index (χ3v) is 7.89. The van der Waals surface area contributed by atoms with E-state index < -0.39 is 21.4 Å². The summed E-state index contributed by atoms with van der Waals surface area (Å²) in [5.74, 6) is -1.12. The van der Waals surface area contributed by atoms with Crippen LogP contribution in [0.25, 0.3) is 5.70 Å². The lowest BCUT2D eigenvalue weighted by Crippen LogP contribution is -2.45. The maximum absolute atomic E-state index is 13.2. The second-order valence-corrected chi connectivity index (χ2v) is 10.2. The highest BCUT2D eigenvalue weighted by Gasteiger charge is 2.34. The molecule has 30 heavy (non-hydrogen) atoms. The Morgan fingerprint density at radius 3 is 2.87 bits per heavy atom. The van der Waals surface area contributed by atoms with Gasteiger partial charge in [-0.05, 0) is 56.2 Å². The van der Waals surface area contributed by atoms with Crippen molar-refractivity contribution in [2.24, 2.45) is 10.9 Å². The molecular weight excluding hydrogens is 405 g/mol. The average molecular weight is 432 g/mol. The number of aromatic amines is 1. The number of nitrogens with one attached hydrogen (secondary N) is 1. The molecule has 6 nitrogen and oxygen atoms in total. The van der Waals surface area contributed by atoms with Crippen LogP contribution in [0.4, 0.5) is 4.39 Å². The first-order valence-electron chi connectivity index (χ1n) is 10.2. The number of phenols is 1. The first-order chi connectivity index (χ1) is 14.3. The van der Waals surface area contributed by atoms with Gasteiger partial charge in [-0.2, -0.15) is 0 Å². The molecule has 2 N–H and O–H groups in total. The molecule has 160 valence electrons. The maximum atomic E-state index is 13.2. The number of phenolic OH excluding ortho intramolecular Hbond substituents is 1. The van der Waals surface area contributed by atoms with Crippen LogP contribution in [0.5, 0.6) is 5.75 Å². The van der Waals surface area contributed by atoms with Crippen molar-refractivity contribution in [2.45, 2.75) is 43.0 Å². The van der Waals surface area contributed by atoms with Crippen molar-refractivity contribution in [3.05, 3.63) is 59.3 Å². The molecule has 1 fully saturated rings. The second kappa shape index (κ2) is 8.26. The van der Waals surface area contributed by atoms with Crippen LogP contribution in [0.1, 0.15) is 32.1 Å². The topological polar surface area (TPSA) is 85.8 Å². The van der Waals surface area contributed by atoms with Crippen molar-refractivity contribution in [3.63, 3.8) is 0 Å². The Hall–Kier alpha value is -2.61. The fraction of sp³-hybridized carbons (Fsp3) is 0.409. The van der Waals surface area contributed by atoms with E-state index in [1.807, 2.05) is 12.4 Å². The summed E-state index contributed by atoms with van der Waals surface area (Å²) >= 11 is 0. The number of halogens is 1. The van der Waals surface area contributed by atoms with Gasteiger partial charge in [-0.1, -0.05) is 6.08 Å². The summed E-state index contributed by atoms with van der Waals surface area (Å²) in [6, 6.07) is 5.63. The van der Waals surface area contributed by atoms with Gasteiger partial charge in [-0.25, -0.2) is 17.8 Å². The number of allylic oxidation sites excluding steroid dienone is 1. The summed E-state index contributed by atoms with van der Waals surface area (Å²) in [6.45, 7) is 0. The van der Waals surface area contributed by atoms with Crippen LogP contribution in [0.2, 0.25) is 0 Å². The SMILES string of the molecule is CN(/C1=c2\cc[nH]\c2=N\C=CCC1)C1CC(CCS(=O)(=O)c2ccc(F)c(O)c2)C1. The van der Waals surface area contributed by atoms with Crippen molar-refractivity contribution in [2.75, 3.05) is 12.8 Å². The Labute approximate surface area is 175 Å². The monoisotopic (exact) mass is 431 g/mol. The van der Waals surface area contributed by atoms with Gasteiger partial charge < -0.3 is 15.0 Å². The maximum Gasteiger partial charge on any atom is 0.178 e. The van der Waals surface area contributed by atoms with E-state index in [-0.39, 0.29) is 10.6 Å². The molecule has 1 aromatic carbocycles. The minimum atomic E-state index is -3.54. The third-order valence-electron chi connectivity index (χ3n) is 6.15. The predicted octanol–water partition coefficient (Wildman–Crippen LogP) is 2.47. The van der Waals surface area contributed by atoms with Gasteiger partial charge in [0.15, 0.2) is 21.4 Å². The normalized spacial score (nSPS) is 24.1. The smallest absolute Gasteiger partial charge is 0.178 e. The van der Waals surface area contributed by atoms with Crippen LogP contribution >= 0.6 is 0 Å². The largest absolute Gasteiger partial charge is 0.505 e. The quantitative estimate of drug-likeness (QED) is 0.688. The summed E-state index contributed by atoms with van der Waals surface area (Å²) in [6.07, 6.45) is 10.1. The van der Waals surface area contributed by atoms with Crippen LogP contribution in [0, 0.1) is 11.7 Å². The highest BCUT2D eigenvalue weighted by Crippen LogP contribution is 2.36. The number of sulfone groups is 1. The lowest BCUT2D eigenvalue weighted by Gasteiger charge is -2.43. The molecule has 2 aromatic rings. The molecule has 0 saturated heterocycles. The van der Waals surface area contributed by atoms with Crippen molar-refractivity contribution in [3.8, 4) is 5.75 Å². The molecule has 8 heteroatoms. The number of rotatable bonds is 6. The molecule has 2 heterocycles. The molecule has 0 atom stereocenters. The molecule has 1 aliphatic heterocycles. The van der Waals surface area contributed by atoms with Crippen molar-refractivity contribution in [1.29, 1.82) is 0 Å². The summed E-state index contributed by atoms with van der Waals surface area (Å²) in [4.78, 5) is 9.94. The molecule has 1 aliphatic carbocycles. The minimum absolute atomic E-state index is 0.00137. The number of H-pyrrole nitrogens is 1. The van der Waals surface area contributed by atoms with Crippen LogP contribution in [-0.4, -0.2) is 42.3 Å². The Kier molecular flexibility index (Phi) is 5.69. The Bertz CT molecular complexity index is 1180. The number of fused-ring (bicyclic) bond motifs is 1. The zero-order valence-electron chi connectivity index (χ0n) is 16.9. The van der Waals surface area contributed by atoms with Gasteiger partial charge in [0.05, 0.1) is 10.6 Å². The van der Waals surface area contributed by atoms with Gasteiger partial charge in [0, 0.05) is 42.5 Å². The highest BCUT2D eigenvalue weighted by atomic mass is 32.2. The molecule has 0 unspecified atom stereocenters. The minimum Gasteiger partial charge on any atom is -0.505 e. The van der Waals surface area contributed by atoms with Crippen molar-refractivity contribution < 1.29 is 17.9 Å². The van der Waals surface area contributed by atoms with Crippen molar-refractivity contribution in [1.82, 2.24) is 9.88 Å². The lowest BCUT2D eigenvalue weighted by molar-refractivity contribution is 0.142. The summed E-state index contributed by atoms with van der Waals surface area (Å²) < 4.78 is 38.2. The fourth-order valence-corrected chi connectivity index (χ4v) is 5.67. The first-order valence-corrected chi connectivity index (χ1v) is 11.8. The van der Waals surface area contributed by atoms with Crippen LogP contribution in [-0.2, 0) is 9.84 Å². The number of hydrogen-bond acceptors (Lipinski definition) is 5. The summed E-state index contributed by atoms with van der Waals surface area (Å²) in [7, 11) is -1.43. The van der Waals surface area contributed by atoms with E-state index >= 15 is 0 Å². The molecule has 0 spiro atoms. The Balaban J connectivity index is 1.38. The Morgan fingerprint density at radius 2 is 2.10 bits per heavy atom. The number of aromatic nitrogens is 1. The molecule has 0 radical (unpaired) electrons. The number of hydrogen-bond donors (Lipinski definition) is 2. The average Bonchev–Trinajstić information content (AvgIpc) is 3.10. The third kappa shape index (κ3) is 4.14. The van der Waals surface area contributed by atoms with E-state index in [4.69, 9.17) is 0 Å². The summed E-state index contributed by atoms with van der Waals surface area (Å²) in [5, 5.41) is 10.6. The highest BCUT2D eigenvalue weighted by molar-refractivity contribution is 7.91. The van der Waals surface area contributed by atoms with E-state index in [0.717, 1.165) is 48.5 Å². The van der Waals surface area contributed by atoms with E-state index in [9.17, 15) is 17.9 Å². The Morgan fingerprint density at radius 1 is 1.30 bits per heavy atom. The summed E-state index contributed by atoms with van der Waals surface area (Å²) in [5.41, 5.74) is 2.13. The predicted molar refractivity (Wildman–Crippen MR) is 112 cm³/mol. The fourth-order valence-electron chi connectivity index (χ4n) is 4.22. The molecule has 2 aliphatic rings. The zero-order chi connectivity index (χ0) is 21.3. The molecule has 4 rings (SSSR count). The second-order valence-electron chi connectivity index (χ2n) is 8.06.